The fourth-order valence-corrected chi connectivity index (χ4v) is 2.81. The molecule has 0 amide bonds. The molecule has 0 fully saturated rings. The minimum atomic E-state index is -0.577. The van der Waals surface area contributed by atoms with Crippen LogP contribution >= 0.6 is 11.8 Å². The van der Waals surface area contributed by atoms with Crippen molar-refractivity contribution in [1.29, 1.82) is 0 Å². The first kappa shape index (κ1) is 19.1. The Hall–Kier alpha value is -0.880. The van der Waals surface area contributed by atoms with Crippen LogP contribution in [0.1, 0.15) is 41.0 Å². The summed E-state index contributed by atoms with van der Waals surface area (Å²) in [5, 5.41) is 3.21. The molecular formula is C14H27N3O2S. The summed E-state index contributed by atoms with van der Waals surface area (Å²) in [4.78, 5) is 26.8. The van der Waals surface area contributed by atoms with E-state index in [0.717, 1.165) is 30.4 Å². The number of carbonyl (C=O) groups excluding carboxylic acids is 2. The van der Waals surface area contributed by atoms with Crippen molar-refractivity contribution in [2.24, 2.45) is 16.1 Å². The second kappa shape index (κ2) is 8.42. The number of nitrogens with two attached hydrogens (primary N) is 1. The third-order valence-corrected chi connectivity index (χ3v) is 4.26. The molecule has 0 saturated carbocycles. The minimum Gasteiger partial charge on any atom is -0.361 e. The molecule has 0 aromatic heterocycles. The molecule has 2 atom stereocenters. The normalized spacial score (nSPS) is 19.6. The first-order valence-electron chi connectivity index (χ1n) is 6.59. The molecule has 1 rings (SSSR count). The molecular weight excluding hydrogens is 274 g/mol. The van der Waals surface area contributed by atoms with Crippen molar-refractivity contribution in [3.05, 3.63) is 0 Å². The highest BCUT2D eigenvalue weighted by molar-refractivity contribution is 8.13. The molecule has 6 heteroatoms. The van der Waals surface area contributed by atoms with Gasteiger partial charge in [-0.1, -0.05) is 46.4 Å². The lowest BCUT2D eigenvalue weighted by Gasteiger charge is -2.25. The van der Waals surface area contributed by atoms with Crippen LogP contribution in [-0.4, -0.2) is 41.6 Å². The fourth-order valence-electron chi connectivity index (χ4n) is 2.04. The molecule has 0 bridgehead atoms. The molecule has 2 unspecified atom stereocenters. The van der Waals surface area contributed by atoms with E-state index in [1.54, 1.807) is 0 Å². The van der Waals surface area contributed by atoms with Gasteiger partial charge in [0.15, 0.2) is 0 Å². The Morgan fingerprint density at radius 1 is 1.65 bits per heavy atom. The molecule has 0 aromatic carbocycles. The van der Waals surface area contributed by atoms with E-state index in [4.69, 9.17) is 5.73 Å². The van der Waals surface area contributed by atoms with Crippen LogP contribution in [0.15, 0.2) is 4.99 Å². The van der Waals surface area contributed by atoms with E-state index in [9.17, 15) is 9.59 Å². The predicted octanol–water partition coefficient (Wildman–Crippen LogP) is 1.61. The summed E-state index contributed by atoms with van der Waals surface area (Å²) in [5.41, 5.74) is 5.45. The Kier molecular flexibility index (Phi) is 8.05. The van der Waals surface area contributed by atoms with Crippen molar-refractivity contribution in [1.82, 2.24) is 5.32 Å². The smallest absolute Gasteiger partial charge is 0.213 e. The van der Waals surface area contributed by atoms with Crippen LogP contribution in [-0.2, 0) is 9.59 Å². The van der Waals surface area contributed by atoms with Gasteiger partial charge in [-0.15, -0.1) is 0 Å². The maximum Gasteiger partial charge on any atom is 0.213 e. The Balaban J connectivity index is 0.00000361. The van der Waals surface area contributed by atoms with Crippen LogP contribution in [0.25, 0.3) is 0 Å². The number of aliphatic imine (C=N–C) groups is 1. The lowest BCUT2D eigenvalue weighted by molar-refractivity contribution is -0.112. The van der Waals surface area contributed by atoms with Crippen LogP contribution in [0, 0.1) is 5.41 Å². The van der Waals surface area contributed by atoms with E-state index in [-0.39, 0.29) is 24.0 Å². The van der Waals surface area contributed by atoms with Crippen LogP contribution in [0.2, 0.25) is 0 Å². The van der Waals surface area contributed by atoms with Gasteiger partial charge in [-0.3, -0.25) is 9.79 Å². The zero-order valence-corrected chi connectivity index (χ0v) is 12.6. The number of thioether (sulfide) groups is 1. The average molecular weight is 301 g/mol. The van der Waals surface area contributed by atoms with E-state index < -0.39 is 6.04 Å². The third kappa shape index (κ3) is 5.25. The topological polar surface area (TPSA) is 84.6 Å². The van der Waals surface area contributed by atoms with Crippen molar-refractivity contribution in [2.45, 2.75) is 53.1 Å². The van der Waals surface area contributed by atoms with E-state index in [2.05, 4.69) is 31.1 Å². The van der Waals surface area contributed by atoms with Crippen molar-refractivity contribution >= 4 is 29.0 Å². The van der Waals surface area contributed by atoms with E-state index in [1.807, 2.05) is 0 Å². The van der Waals surface area contributed by atoms with Crippen molar-refractivity contribution in [3.8, 4) is 0 Å². The first-order valence-corrected chi connectivity index (χ1v) is 7.58. The van der Waals surface area contributed by atoms with Gasteiger partial charge in [0, 0.05) is 11.2 Å². The number of hydrogen-bond donors (Lipinski definition) is 2. The van der Waals surface area contributed by atoms with Gasteiger partial charge in [0.2, 0.25) is 5.12 Å². The predicted molar refractivity (Wildman–Crippen MR) is 86.2 cm³/mol. The molecule has 0 radical (unpaired) electrons. The number of rotatable bonds is 7. The van der Waals surface area contributed by atoms with Gasteiger partial charge in [-0.25, -0.2) is 0 Å². The second-order valence-corrected chi connectivity index (χ2v) is 6.47. The van der Waals surface area contributed by atoms with Crippen LogP contribution in [0.5, 0.6) is 0 Å². The molecule has 1 aliphatic rings. The van der Waals surface area contributed by atoms with Crippen molar-refractivity contribution < 1.29 is 9.59 Å². The molecule has 5 nitrogen and oxygen atoms in total. The Morgan fingerprint density at radius 3 is 2.85 bits per heavy atom. The zero-order chi connectivity index (χ0) is 14.5. The Morgan fingerprint density at radius 2 is 2.30 bits per heavy atom. The third-order valence-electron chi connectivity index (χ3n) is 3.14. The second-order valence-electron chi connectivity index (χ2n) is 5.45. The van der Waals surface area contributed by atoms with Crippen LogP contribution in [0.4, 0.5) is 0 Å². The van der Waals surface area contributed by atoms with Gasteiger partial charge in [0.25, 0.3) is 0 Å². The largest absolute Gasteiger partial charge is 0.361 e. The van der Waals surface area contributed by atoms with Gasteiger partial charge in [0.1, 0.15) is 18.2 Å². The van der Waals surface area contributed by atoms with E-state index in [1.165, 1.54) is 0 Å². The lowest BCUT2D eigenvalue weighted by atomic mass is 9.86. The fraction of sp³-hybridized carbons (Fsp3) is 0.786. The van der Waals surface area contributed by atoms with E-state index >= 15 is 0 Å². The molecule has 0 aromatic rings. The Labute approximate surface area is 126 Å². The van der Waals surface area contributed by atoms with Gasteiger partial charge in [0.05, 0.1) is 12.6 Å². The number of nitrogens with zero attached hydrogens (tertiary/aromatic N) is 1. The van der Waals surface area contributed by atoms with Crippen molar-refractivity contribution in [3.63, 3.8) is 0 Å². The van der Waals surface area contributed by atoms with Gasteiger partial charge in [-0.2, -0.15) is 0 Å². The molecule has 1 heterocycles. The van der Waals surface area contributed by atoms with Gasteiger partial charge >= 0.3 is 0 Å². The quantitative estimate of drug-likeness (QED) is 0.698. The Bertz CT molecular complexity index is 369. The molecule has 0 spiro atoms. The minimum absolute atomic E-state index is 0. The summed E-state index contributed by atoms with van der Waals surface area (Å²) in [7, 11) is 0. The number of aldehydes is 1. The lowest BCUT2D eigenvalue weighted by Crippen LogP contribution is -2.42. The molecule has 3 N–H and O–H groups in total. The zero-order valence-electron chi connectivity index (χ0n) is 11.8. The van der Waals surface area contributed by atoms with E-state index in [0.29, 0.717) is 18.6 Å². The van der Waals surface area contributed by atoms with Gasteiger partial charge < -0.3 is 15.8 Å². The number of carbonyl (C=O) groups is 2. The highest BCUT2D eigenvalue weighted by atomic mass is 32.2. The highest BCUT2D eigenvalue weighted by Gasteiger charge is 2.32. The SMILES string of the molecule is C.CCCC(C)(C)C1=NCC(C(=O)SCC(N)C=O)N1. The number of amidine groups is 1. The molecule has 20 heavy (non-hydrogen) atoms. The monoisotopic (exact) mass is 301 g/mol. The summed E-state index contributed by atoms with van der Waals surface area (Å²) in [6.07, 6.45) is 2.77. The van der Waals surface area contributed by atoms with Gasteiger partial charge in [-0.05, 0) is 6.42 Å². The molecule has 0 saturated heterocycles. The van der Waals surface area contributed by atoms with Crippen LogP contribution < -0.4 is 11.1 Å². The average Bonchev–Trinajstić information content (AvgIpc) is 2.85. The van der Waals surface area contributed by atoms with Crippen molar-refractivity contribution in [2.75, 3.05) is 12.3 Å². The number of hydrogen-bond acceptors (Lipinski definition) is 6. The van der Waals surface area contributed by atoms with Crippen LogP contribution in [0.3, 0.4) is 0 Å². The highest BCUT2D eigenvalue weighted by Crippen LogP contribution is 2.26. The summed E-state index contributed by atoms with van der Waals surface area (Å²) >= 11 is 1.10. The molecule has 116 valence electrons. The standard InChI is InChI=1S/C13H23N3O2S.CH4/c1-4-5-13(2,3)12-15-6-10(16-12)11(18)19-8-9(14)7-17;/h7,9-10H,4-6,8,14H2,1-3H3,(H,15,16);1H4. The summed E-state index contributed by atoms with van der Waals surface area (Å²) in [6, 6.07) is -0.859. The first-order chi connectivity index (χ1) is 8.90. The number of nitrogens with one attached hydrogen (secondary N) is 1. The maximum atomic E-state index is 12.0. The molecule has 0 aliphatic carbocycles. The molecule has 1 aliphatic heterocycles. The maximum absolute atomic E-state index is 12.0. The summed E-state index contributed by atoms with van der Waals surface area (Å²) < 4.78 is 0. The summed E-state index contributed by atoms with van der Waals surface area (Å²) in [5.74, 6) is 1.24. The summed E-state index contributed by atoms with van der Waals surface area (Å²) in [6.45, 7) is 6.87.